The Morgan fingerprint density at radius 3 is 2.45 bits per heavy atom. The third-order valence-electron chi connectivity index (χ3n) is 6.12. The van der Waals surface area contributed by atoms with Crippen molar-refractivity contribution in [1.82, 2.24) is 14.8 Å². The molecule has 7 nitrogen and oxygen atoms in total. The van der Waals surface area contributed by atoms with Gasteiger partial charge in [0.25, 0.3) is 12.5 Å². The van der Waals surface area contributed by atoms with E-state index in [0.29, 0.717) is 6.04 Å². The molecule has 0 amide bonds. The monoisotopic (exact) mass is 422 g/mol. The second kappa shape index (κ2) is 10.4. The number of likely N-dealkylation sites (tertiary alicyclic amines) is 1. The average Bonchev–Trinajstić information content (AvgIpc) is 3.42. The van der Waals surface area contributed by atoms with Gasteiger partial charge in [0, 0.05) is 45.3 Å². The summed E-state index contributed by atoms with van der Waals surface area (Å²) in [5.41, 5.74) is 3.25. The number of oxazole rings is 1. The zero-order valence-electron chi connectivity index (χ0n) is 17.8. The van der Waals surface area contributed by atoms with Crippen LogP contribution in [0.5, 0.6) is 0 Å². The normalized spacial score (nSPS) is 19.9. The molecular weight excluding hydrogens is 392 g/mol. The Bertz CT molecular complexity index is 921. The highest BCUT2D eigenvalue weighted by molar-refractivity contribution is 5.74. The highest BCUT2D eigenvalue weighted by Gasteiger charge is 2.28. The lowest BCUT2D eigenvalue weighted by Crippen LogP contribution is -2.50. The zero-order valence-corrected chi connectivity index (χ0v) is 17.8. The molecule has 2 aliphatic heterocycles. The molecule has 0 aliphatic carbocycles. The van der Waals surface area contributed by atoms with Crippen LogP contribution < -0.4 is 4.90 Å². The fourth-order valence-corrected chi connectivity index (χ4v) is 4.54. The van der Waals surface area contributed by atoms with Crippen LogP contribution >= 0.6 is 0 Å². The van der Waals surface area contributed by atoms with Gasteiger partial charge in [0.2, 0.25) is 0 Å². The van der Waals surface area contributed by atoms with E-state index in [0.717, 1.165) is 49.8 Å². The molecule has 0 radical (unpaired) electrons. The summed E-state index contributed by atoms with van der Waals surface area (Å²) in [6.45, 7) is 7.35. The van der Waals surface area contributed by atoms with Gasteiger partial charge in [-0.3, -0.25) is 14.6 Å². The molecule has 1 atom stereocenters. The Hall–Kier alpha value is -2.90. The molecule has 0 unspecified atom stereocenters. The van der Waals surface area contributed by atoms with Crippen molar-refractivity contribution in [3.05, 3.63) is 60.2 Å². The first kappa shape index (κ1) is 21.3. The standard InChI is InChI=1S/C23H28N4O.CH2O2/c1-2-7-19(8-3-1)17-27-12-6-9-20(27)18-25-13-15-26(16-14-25)23-24-21-10-4-5-11-22(21)28-23;2-1-3/h1-5,7-8,10-11,20H,6,9,12-18H2;1H,(H,2,3)/t20-;/m1./s1. The number of carbonyl (C=O) groups is 1. The smallest absolute Gasteiger partial charge is 0.298 e. The summed E-state index contributed by atoms with van der Waals surface area (Å²) >= 11 is 0. The van der Waals surface area contributed by atoms with E-state index in [-0.39, 0.29) is 6.47 Å². The van der Waals surface area contributed by atoms with Gasteiger partial charge in [-0.1, -0.05) is 42.5 Å². The van der Waals surface area contributed by atoms with Crippen molar-refractivity contribution in [2.24, 2.45) is 0 Å². The third-order valence-corrected chi connectivity index (χ3v) is 6.12. The summed E-state index contributed by atoms with van der Waals surface area (Å²) in [5.74, 6) is 0. The van der Waals surface area contributed by atoms with Crippen molar-refractivity contribution >= 4 is 23.6 Å². The van der Waals surface area contributed by atoms with Gasteiger partial charge in [-0.2, -0.15) is 4.98 Å². The minimum atomic E-state index is -0.250. The second-order valence-corrected chi connectivity index (χ2v) is 8.11. The SMILES string of the molecule is O=CO.c1ccc(CN2CCC[C@@H]2CN2CCN(c3nc4ccccc4o3)CC2)cc1. The number of piperazine rings is 1. The van der Waals surface area contributed by atoms with Gasteiger partial charge in [-0.15, -0.1) is 0 Å². The predicted octanol–water partition coefficient (Wildman–Crippen LogP) is 3.32. The van der Waals surface area contributed by atoms with Crippen LogP contribution in [0.25, 0.3) is 11.1 Å². The molecule has 2 aliphatic rings. The predicted molar refractivity (Wildman–Crippen MR) is 121 cm³/mol. The molecule has 0 spiro atoms. The minimum Gasteiger partial charge on any atom is -0.483 e. The first-order chi connectivity index (χ1) is 15.3. The highest BCUT2D eigenvalue weighted by Crippen LogP contribution is 2.24. The van der Waals surface area contributed by atoms with Crippen molar-refractivity contribution in [3.63, 3.8) is 0 Å². The molecule has 31 heavy (non-hydrogen) atoms. The number of rotatable bonds is 5. The summed E-state index contributed by atoms with van der Waals surface area (Å²) in [6.07, 6.45) is 2.64. The first-order valence-corrected chi connectivity index (χ1v) is 11.0. The minimum absolute atomic E-state index is 0.250. The van der Waals surface area contributed by atoms with E-state index in [9.17, 15) is 0 Å². The number of para-hydroxylation sites is 2. The van der Waals surface area contributed by atoms with E-state index in [2.05, 4.69) is 50.0 Å². The van der Waals surface area contributed by atoms with Crippen LogP contribution in [0.2, 0.25) is 0 Å². The van der Waals surface area contributed by atoms with Crippen LogP contribution in [0.15, 0.2) is 59.0 Å². The Balaban J connectivity index is 0.000000730. The number of hydrogen-bond acceptors (Lipinski definition) is 6. The van der Waals surface area contributed by atoms with Gasteiger partial charge in [0.1, 0.15) is 5.52 Å². The lowest BCUT2D eigenvalue weighted by molar-refractivity contribution is -0.122. The summed E-state index contributed by atoms with van der Waals surface area (Å²) < 4.78 is 5.95. The maximum Gasteiger partial charge on any atom is 0.298 e. The molecule has 1 N–H and O–H groups in total. The quantitative estimate of drug-likeness (QED) is 0.633. The van der Waals surface area contributed by atoms with Crippen LogP contribution in [0.1, 0.15) is 18.4 Å². The van der Waals surface area contributed by atoms with Crippen LogP contribution in [-0.4, -0.2) is 71.7 Å². The largest absolute Gasteiger partial charge is 0.483 e. The van der Waals surface area contributed by atoms with E-state index < -0.39 is 0 Å². The average molecular weight is 423 g/mol. The van der Waals surface area contributed by atoms with Gasteiger partial charge in [0.05, 0.1) is 0 Å². The Labute approximate surface area is 182 Å². The van der Waals surface area contributed by atoms with Gasteiger partial charge in [0.15, 0.2) is 5.58 Å². The van der Waals surface area contributed by atoms with Gasteiger partial charge < -0.3 is 14.4 Å². The number of anilines is 1. The number of nitrogens with zero attached hydrogens (tertiary/aromatic N) is 4. The van der Waals surface area contributed by atoms with Crippen LogP contribution in [0.3, 0.4) is 0 Å². The van der Waals surface area contributed by atoms with E-state index >= 15 is 0 Å². The van der Waals surface area contributed by atoms with E-state index in [4.69, 9.17) is 14.3 Å². The molecule has 2 aromatic carbocycles. The lowest BCUT2D eigenvalue weighted by Gasteiger charge is -2.37. The molecule has 3 heterocycles. The maximum absolute atomic E-state index is 8.36. The maximum atomic E-state index is 8.36. The van der Waals surface area contributed by atoms with Crippen LogP contribution in [0, 0.1) is 0 Å². The van der Waals surface area contributed by atoms with E-state index in [1.807, 2.05) is 24.3 Å². The molecule has 2 saturated heterocycles. The Morgan fingerprint density at radius 2 is 1.71 bits per heavy atom. The molecule has 0 bridgehead atoms. The molecule has 1 aromatic heterocycles. The van der Waals surface area contributed by atoms with Crippen molar-refractivity contribution in [2.45, 2.75) is 25.4 Å². The van der Waals surface area contributed by atoms with Crippen molar-refractivity contribution in [1.29, 1.82) is 0 Å². The lowest BCUT2D eigenvalue weighted by atomic mass is 10.1. The molecule has 5 rings (SSSR count). The fraction of sp³-hybridized carbons (Fsp3) is 0.417. The van der Waals surface area contributed by atoms with Gasteiger partial charge in [-0.25, -0.2) is 0 Å². The Morgan fingerprint density at radius 1 is 1.00 bits per heavy atom. The molecule has 164 valence electrons. The summed E-state index contributed by atoms with van der Waals surface area (Å²) in [6, 6.07) is 20.3. The second-order valence-electron chi connectivity index (χ2n) is 8.11. The number of benzene rings is 2. The number of hydrogen-bond donors (Lipinski definition) is 1. The summed E-state index contributed by atoms with van der Waals surface area (Å²) in [5, 5.41) is 6.89. The number of fused-ring (bicyclic) bond motifs is 1. The highest BCUT2D eigenvalue weighted by atomic mass is 16.4. The fourth-order valence-electron chi connectivity index (χ4n) is 4.54. The molecular formula is C24H30N4O3. The van der Waals surface area contributed by atoms with Crippen molar-refractivity contribution < 1.29 is 14.3 Å². The Kier molecular flexibility index (Phi) is 7.17. The van der Waals surface area contributed by atoms with Crippen molar-refractivity contribution in [2.75, 3.05) is 44.2 Å². The summed E-state index contributed by atoms with van der Waals surface area (Å²) in [4.78, 5) is 20.6. The van der Waals surface area contributed by atoms with Crippen LogP contribution in [-0.2, 0) is 11.3 Å². The molecule has 7 heteroatoms. The van der Waals surface area contributed by atoms with E-state index in [1.165, 1.54) is 31.5 Å². The first-order valence-electron chi connectivity index (χ1n) is 11.0. The molecule has 3 aromatic rings. The zero-order chi connectivity index (χ0) is 21.5. The van der Waals surface area contributed by atoms with Gasteiger partial charge in [-0.05, 0) is 37.1 Å². The van der Waals surface area contributed by atoms with E-state index in [1.54, 1.807) is 0 Å². The third kappa shape index (κ3) is 5.42. The molecule has 2 fully saturated rings. The summed E-state index contributed by atoms with van der Waals surface area (Å²) in [7, 11) is 0. The molecule has 0 saturated carbocycles. The van der Waals surface area contributed by atoms with Crippen LogP contribution in [0.4, 0.5) is 6.01 Å². The number of aromatic nitrogens is 1. The van der Waals surface area contributed by atoms with Crippen molar-refractivity contribution in [3.8, 4) is 0 Å². The van der Waals surface area contributed by atoms with Gasteiger partial charge >= 0.3 is 0 Å². The number of carboxylic acid groups (broad SMARTS) is 1. The topological polar surface area (TPSA) is 73.1 Å².